The van der Waals surface area contributed by atoms with Crippen molar-refractivity contribution in [3.63, 3.8) is 0 Å². The van der Waals surface area contributed by atoms with Gasteiger partial charge in [0.1, 0.15) is 0 Å². The molecule has 1 aliphatic carbocycles. The first kappa shape index (κ1) is 21.5. The maximum absolute atomic E-state index is 13.0. The van der Waals surface area contributed by atoms with Gasteiger partial charge in [-0.2, -0.15) is 0 Å². The van der Waals surface area contributed by atoms with Gasteiger partial charge < -0.3 is 14.7 Å². The van der Waals surface area contributed by atoms with Crippen molar-refractivity contribution in [3.8, 4) is 0 Å². The molecule has 1 aromatic heterocycles. The molecule has 2 aliphatic rings. The van der Waals surface area contributed by atoms with Crippen LogP contribution in [0.2, 0.25) is 0 Å². The number of carbonyl (C=O) groups is 2. The van der Waals surface area contributed by atoms with Crippen molar-refractivity contribution in [2.45, 2.75) is 58.8 Å². The number of nitrogens with zero attached hydrogens (tertiary/aromatic N) is 5. The van der Waals surface area contributed by atoms with E-state index in [1.165, 1.54) is 12.8 Å². The smallest absolute Gasteiger partial charge is 0.242 e. The molecule has 3 rings (SSSR count). The number of fused-ring (bicyclic) bond motifs is 1. The number of rotatable bonds is 6. The Morgan fingerprint density at radius 1 is 1.14 bits per heavy atom. The third-order valence-electron chi connectivity index (χ3n) is 6.24. The van der Waals surface area contributed by atoms with Gasteiger partial charge in [0, 0.05) is 51.0 Å². The normalized spacial score (nSPS) is 19.3. The minimum atomic E-state index is -0.0904. The van der Waals surface area contributed by atoms with E-state index in [4.69, 9.17) is 4.98 Å². The second-order valence-electron chi connectivity index (χ2n) is 8.24. The Morgan fingerprint density at radius 3 is 2.48 bits per heavy atom. The van der Waals surface area contributed by atoms with Crippen LogP contribution in [0.3, 0.4) is 0 Å². The Balaban J connectivity index is 1.59. The molecule has 1 unspecified atom stereocenters. The summed E-state index contributed by atoms with van der Waals surface area (Å²) in [5, 5.41) is 0. The molecule has 1 saturated heterocycles. The highest BCUT2D eigenvalue weighted by Crippen LogP contribution is 2.26. The van der Waals surface area contributed by atoms with Crippen LogP contribution < -0.4 is 4.90 Å². The number of anilines is 1. The molecule has 2 amide bonds. The van der Waals surface area contributed by atoms with Crippen molar-refractivity contribution >= 4 is 17.8 Å². The van der Waals surface area contributed by atoms with Crippen LogP contribution in [0.25, 0.3) is 0 Å². The van der Waals surface area contributed by atoms with E-state index < -0.39 is 0 Å². The number of carbonyl (C=O) groups excluding carboxylic acids is 2. The Hall–Kier alpha value is -2.18. The first-order chi connectivity index (χ1) is 14.0. The highest BCUT2D eigenvalue weighted by Gasteiger charge is 2.30. The minimum Gasteiger partial charge on any atom is -0.341 e. The van der Waals surface area contributed by atoms with Crippen molar-refractivity contribution in [3.05, 3.63) is 17.5 Å². The van der Waals surface area contributed by atoms with E-state index in [1.807, 2.05) is 11.1 Å². The third kappa shape index (κ3) is 5.25. The zero-order valence-electron chi connectivity index (χ0n) is 18.2. The van der Waals surface area contributed by atoms with Gasteiger partial charge >= 0.3 is 0 Å². The van der Waals surface area contributed by atoms with Crippen LogP contribution in [0, 0.1) is 5.92 Å². The first-order valence-electron chi connectivity index (χ1n) is 11.2. The second kappa shape index (κ2) is 10.0. The van der Waals surface area contributed by atoms with Gasteiger partial charge in [0.15, 0.2) is 0 Å². The van der Waals surface area contributed by atoms with E-state index >= 15 is 0 Å². The lowest BCUT2D eigenvalue weighted by Crippen LogP contribution is -2.44. The summed E-state index contributed by atoms with van der Waals surface area (Å²) in [6.07, 6.45) is 8.64. The van der Waals surface area contributed by atoms with Crippen LogP contribution in [-0.4, -0.2) is 71.4 Å². The van der Waals surface area contributed by atoms with Gasteiger partial charge in [-0.1, -0.05) is 12.8 Å². The molecule has 0 aromatic carbocycles. The molecular weight excluding hydrogens is 366 g/mol. The highest BCUT2D eigenvalue weighted by atomic mass is 16.2. The quantitative estimate of drug-likeness (QED) is 0.731. The summed E-state index contributed by atoms with van der Waals surface area (Å²) in [4.78, 5) is 40.5. The molecule has 2 heterocycles. The molecule has 1 aliphatic heterocycles. The number of aryl methyl sites for hydroxylation is 1. The number of amides is 2. The minimum absolute atomic E-state index is 0.0617. The lowest BCUT2D eigenvalue weighted by Gasteiger charge is -2.29. The van der Waals surface area contributed by atoms with E-state index in [-0.39, 0.29) is 24.3 Å². The molecular formula is C22H35N5O2. The van der Waals surface area contributed by atoms with Gasteiger partial charge in [-0.25, -0.2) is 9.97 Å². The van der Waals surface area contributed by atoms with E-state index in [0.29, 0.717) is 6.42 Å². The van der Waals surface area contributed by atoms with Gasteiger partial charge in [0.05, 0.1) is 6.54 Å². The van der Waals surface area contributed by atoms with Crippen molar-refractivity contribution in [2.24, 2.45) is 5.92 Å². The van der Waals surface area contributed by atoms with Crippen molar-refractivity contribution in [1.29, 1.82) is 0 Å². The second-order valence-corrected chi connectivity index (χ2v) is 8.24. The molecule has 0 saturated carbocycles. The number of likely N-dealkylation sites (N-methyl/N-ethyl adjacent to an activating group) is 1. The van der Waals surface area contributed by atoms with Crippen LogP contribution in [-0.2, 0) is 22.4 Å². The Kier molecular flexibility index (Phi) is 7.45. The third-order valence-corrected chi connectivity index (χ3v) is 6.24. The molecule has 7 nitrogen and oxygen atoms in total. The molecule has 1 atom stereocenters. The fraction of sp³-hybridized carbons (Fsp3) is 0.727. The highest BCUT2D eigenvalue weighted by molar-refractivity contribution is 5.86. The van der Waals surface area contributed by atoms with E-state index in [2.05, 4.69) is 23.7 Å². The number of likely N-dealkylation sites (tertiary alicyclic amines) is 1. The predicted octanol–water partition coefficient (Wildman–Crippen LogP) is 2.29. The van der Waals surface area contributed by atoms with Gasteiger partial charge in [0.2, 0.25) is 17.8 Å². The van der Waals surface area contributed by atoms with Gasteiger partial charge in [0.25, 0.3) is 0 Å². The topological polar surface area (TPSA) is 69.6 Å². The molecule has 1 aromatic rings. The predicted molar refractivity (Wildman–Crippen MR) is 114 cm³/mol. The summed E-state index contributed by atoms with van der Waals surface area (Å²) in [6.45, 7) is 7.79. The molecule has 7 heteroatoms. The number of hydrogen-bond acceptors (Lipinski definition) is 5. The van der Waals surface area contributed by atoms with Gasteiger partial charge in [-0.15, -0.1) is 0 Å². The largest absolute Gasteiger partial charge is 0.341 e. The molecule has 29 heavy (non-hydrogen) atoms. The van der Waals surface area contributed by atoms with Crippen LogP contribution in [0.15, 0.2) is 6.20 Å². The van der Waals surface area contributed by atoms with Crippen molar-refractivity contribution in [1.82, 2.24) is 19.8 Å². The standard InChI is InChI=1S/C22H35N5O2/c1-4-26(5-2)22-23-15-18-14-17(10-11-19(18)24-22)21(29)25(3)16-20(28)27-12-8-6-7-9-13-27/h15,17H,4-14,16H2,1-3H3. The first-order valence-corrected chi connectivity index (χ1v) is 11.2. The number of aromatic nitrogens is 2. The lowest BCUT2D eigenvalue weighted by atomic mass is 9.86. The van der Waals surface area contributed by atoms with E-state index in [1.54, 1.807) is 11.9 Å². The molecule has 0 spiro atoms. The molecule has 1 fully saturated rings. The van der Waals surface area contributed by atoms with Crippen molar-refractivity contribution in [2.75, 3.05) is 44.7 Å². The fourth-order valence-electron chi connectivity index (χ4n) is 4.38. The van der Waals surface area contributed by atoms with Gasteiger partial charge in [-0.3, -0.25) is 9.59 Å². The van der Waals surface area contributed by atoms with Crippen LogP contribution in [0.1, 0.15) is 57.2 Å². The Bertz CT molecular complexity index is 711. The monoisotopic (exact) mass is 401 g/mol. The average molecular weight is 402 g/mol. The Morgan fingerprint density at radius 2 is 1.83 bits per heavy atom. The summed E-state index contributed by atoms with van der Waals surface area (Å²) in [5.41, 5.74) is 2.13. The summed E-state index contributed by atoms with van der Waals surface area (Å²) in [6, 6.07) is 0. The summed E-state index contributed by atoms with van der Waals surface area (Å²) < 4.78 is 0. The summed E-state index contributed by atoms with van der Waals surface area (Å²) >= 11 is 0. The van der Waals surface area contributed by atoms with Crippen LogP contribution in [0.5, 0.6) is 0 Å². The zero-order valence-corrected chi connectivity index (χ0v) is 18.2. The van der Waals surface area contributed by atoms with E-state index in [0.717, 1.165) is 69.1 Å². The molecule has 0 N–H and O–H groups in total. The Labute approximate surface area is 174 Å². The zero-order chi connectivity index (χ0) is 20.8. The number of hydrogen-bond donors (Lipinski definition) is 0. The van der Waals surface area contributed by atoms with E-state index in [9.17, 15) is 9.59 Å². The summed E-state index contributed by atoms with van der Waals surface area (Å²) in [5.74, 6) is 0.823. The molecule has 0 bridgehead atoms. The molecule has 0 radical (unpaired) electrons. The fourth-order valence-corrected chi connectivity index (χ4v) is 4.38. The maximum Gasteiger partial charge on any atom is 0.242 e. The maximum atomic E-state index is 13.0. The lowest BCUT2D eigenvalue weighted by molar-refractivity contribution is -0.141. The summed E-state index contributed by atoms with van der Waals surface area (Å²) in [7, 11) is 1.76. The van der Waals surface area contributed by atoms with Crippen molar-refractivity contribution < 1.29 is 9.59 Å². The van der Waals surface area contributed by atoms with Crippen LogP contribution >= 0.6 is 0 Å². The van der Waals surface area contributed by atoms with Gasteiger partial charge in [-0.05, 0) is 51.5 Å². The SMILES string of the molecule is CCN(CC)c1ncc2c(n1)CCC(C(=O)N(C)CC(=O)N1CCCCCC1)C2. The molecule has 160 valence electrons. The average Bonchev–Trinajstić information content (AvgIpc) is 3.03. The van der Waals surface area contributed by atoms with Crippen LogP contribution in [0.4, 0.5) is 5.95 Å².